The number of halogens is 2. The number of carbonyl (C=O) groups excluding carboxylic acids is 1. The van der Waals surface area contributed by atoms with Crippen molar-refractivity contribution in [2.75, 3.05) is 0 Å². The van der Waals surface area contributed by atoms with E-state index in [1.54, 1.807) is 13.0 Å². The van der Waals surface area contributed by atoms with E-state index in [0.29, 0.717) is 15.1 Å². The van der Waals surface area contributed by atoms with E-state index in [4.69, 9.17) is 23.2 Å². The molecule has 0 aliphatic heterocycles. The number of nitrogens with zero attached hydrogens (tertiary/aromatic N) is 1. The smallest absolute Gasteiger partial charge is 0.275 e. The van der Waals surface area contributed by atoms with Crippen LogP contribution in [0.25, 0.3) is 0 Å². The summed E-state index contributed by atoms with van der Waals surface area (Å²) in [4.78, 5) is 12.8. The van der Waals surface area contributed by atoms with Gasteiger partial charge in [-0.15, -0.1) is 11.3 Å². The number of nitrogens with one attached hydrogen (secondary N) is 1. The van der Waals surface area contributed by atoms with Crippen molar-refractivity contribution in [3.63, 3.8) is 0 Å². The second-order valence-corrected chi connectivity index (χ2v) is 6.05. The molecule has 0 bridgehead atoms. The van der Waals surface area contributed by atoms with Crippen LogP contribution < -0.4 is 5.43 Å². The van der Waals surface area contributed by atoms with Gasteiger partial charge in [-0.05, 0) is 37.3 Å². The van der Waals surface area contributed by atoms with Crippen molar-refractivity contribution in [1.29, 1.82) is 0 Å². The zero-order valence-corrected chi connectivity index (χ0v) is 12.7. The van der Waals surface area contributed by atoms with Gasteiger partial charge in [-0.3, -0.25) is 4.79 Å². The Kier molecular flexibility index (Phi) is 4.65. The minimum Gasteiger partial charge on any atom is -0.507 e. The molecule has 2 rings (SSSR count). The Morgan fingerprint density at radius 1 is 1.30 bits per heavy atom. The number of aromatic hydroxyl groups is 1. The molecule has 0 aliphatic carbocycles. The molecule has 2 aromatic rings. The number of hydrazone groups is 1. The van der Waals surface area contributed by atoms with Gasteiger partial charge < -0.3 is 5.11 Å². The zero-order valence-electron chi connectivity index (χ0n) is 10.4. The number of phenols is 1. The Morgan fingerprint density at radius 2 is 2.05 bits per heavy atom. The van der Waals surface area contributed by atoms with Crippen LogP contribution in [0.5, 0.6) is 5.75 Å². The van der Waals surface area contributed by atoms with E-state index in [1.165, 1.54) is 29.5 Å². The number of thiophene rings is 1. The van der Waals surface area contributed by atoms with Crippen molar-refractivity contribution in [2.24, 2.45) is 5.10 Å². The van der Waals surface area contributed by atoms with Gasteiger partial charge >= 0.3 is 0 Å². The summed E-state index contributed by atoms with van der Waals surface area (Å²) in [6, 6.07) is 7.79. The maximum absolute atomic E-state index is 11.9. The molecule has 7 heteroatoms. The molecule has 1 heterocycles. The molecule has 0 aliphatic rings. The molecule has 0 spiro atoms. The van der Waals surface area contributed by atoms with E-state index < -0.39 is 5.91 Å². The lowest BCUT2D eigenvalue weighted by molar-refractivity contribution is 0.0952. The zero-order chi connectivity index (χ0) is 14.7. The Balaban J connectivity index is 2.14. The third-order valence-electron chi connectivity index (χ3n) is 2.46. The number of benzene rings is 1. The Morgan fingerprint density at radius 3 is 2.70 bits per heavy atom. The summed E-state index contributed by atoms with van der Waals surface area (Å²) < 4.78 is 0.647. The fourth-order valence-corrected chi connectivity index (χ4v) is 2.61. The summed E-state index contributed by atoms with van der Waals surface area (Å²) in [5.41, 5.74) is 3.06. The molecule has 2 N–H and O–H groups in total. The first kappa shape index (κ1) is 14.8. The van der Waals surface area contributed by atoms with E-state index in [0.717, 1.165) is 4.88 Å². The molecule has 0 saturated carbocycles. The van der Waals surface area contributed by atoms with Crippen LogP contribution in [-0.2, 0) is 0 Å². The van der Waals surface area contributed by atoms with Crippen LogP contribution >= 0.6 is 34.5 Å². The molecule has 0 fully saturated rings. The van der Waals surface area contributed by atoms with Crippen LogP contribution in [0.4, 0.5) is 0 Å². The largest absolute Gasteiger partial charge is 0.507 e. The highest BCUT2D eigenvalue weighted by Gasteiger charge is 2.11. The number of rotatable bonds is 3. The van der Waals surface area contributed by atoms with Crippen molar-refractivity contribution in [3.8, 4) is 5.75 Å². The first-order valence-electron chi connectivity index (χ1n) is 5.56. The van der Waals surface area contributed by atoms with Crippen LogP contribution in [0.1, 0.15) is 22.2 Å². The monoisotopic (exact) mass is 328 g/mol. The Bertz CT molecular complexity index is 683. The van der Waals surface area contributed by atoms with Crippen LogP contribution in [-0.4, -0.2) is 16.7 Å². The first-order valence-corrected chi connectivity index (χ1v) is 7.13. The topological polar surface area (TPSA) is 61.7 Å². The molecule has 1 amide bonds. The van der Waals surface area contributed by atoms with Crippen molar-refractivity contribution in [1.82, 2.24) is 5.43 Å². The van der Waals surface area contributed by atoms with E-state index in [1.807, 2.05) is 6.07 Å². The summed E-state index contributed by atoms with van der Waals surface area (Å²) in [5, 5.41) is 13.9. The molecule has 1 aromatic carbocycles. The van der Waals surface area contributed by atoms with Gasteiger partial charge in [0, 0.05) is 5.02 Å². The minimum absolute atomic E-state index is 0.0678. The maximum Gasteiger partial charge on any atom is 0.275 e. The van der Waals surface area contributed by atoms with Crippen LogP contribution in [0, 0.1) is 0 Å². The van der Waals surface area contributed by atoms with Crippen molar-refractivity contribution < 1.29 is 9.90 Å². The molecule has 0 saturated heterocycles. The Hall–Kier alpha value is -1.56. The van der Waals surface area contributed by atoms with Gasteiger partial charge in [0.1, 0.15) is 5.75 Å². The van der Waals surface area contributed by atoms with Gasteiger partial charge in [-0.1, -0.05) is 23.2 Å². The molecular formula is C13H10Cl2N2O2S. The van der Waals surface area contributed by atoms with E-state index >= 15 is 0 Å². The van der Waals surface area contributed by atoms with E-state index in [9.17, 15) is 9.90 Å². The highest BCUT2D eigenvalue weighted by atomic mass is 35.5. The summed E-state index contributed by atoms with van der Waals surface area (Å²) in [6.45, 7) is 1.75. The lowest BCUT2D eigenvalue weighted by Gasteiger charge is -2.04. The molecule has 0 unspecified atom stereocenters. The quantitative estimate of drug-likeness (QED) is 0.662. The van der Waals surface area contributed by atoms with E-state index in [-0.39, 0.29) is 11.3 Å². The lowest BCUT2D eigenvalue weighted by atomic mass is 10.2. The Labute approximate surface area is 129 Å². The predicted molar refractivity (Wildman–Crippen MR) is 82.1 cm³/mol. The van der Waals surface area contributed by atoms with Gasteiger partial charge in [0.15, 0.2) is 0 Å². The fourth-order valence-electron chi connectivity index (χ4n) is 1.45. The minimum atomic E-state index is -0.535. The van der Waals surface area contributed by atoms with Gasteiger partial charge in [0.05, 0.1) is 20.5 Å². The third kappa shape index (κ3) is 3.50. The molecule has 104 valence electrons. The summed E-state index contributed by atoms with van der Waals surface area (Å²) in [7, 11) is 0. The summed E-state index contributed by atoms with van der Waals surface area (Å²) in [5.74, 6) is -0.689. The highest BCUT2D eigenvalue weighted by molar-refractivity contribution is 7.18. The molecule has 20 heavy (non-hydrogen) atoms. The van der Waals surface area contributed by atoms with Gasteiger partial charge in [0.25, 0.3) is 5.91 Å². The summed E-state index contributed by atoms with van der Waals surface area (Å²) in [6.07, 6.45) is 0. The van der Waals surface area contributed by atoms with Crippen molar-refractivity contribution in [2.45, 2.75) is 6.92 Å². The van der Waals surface area contributed by atoms with Crippen molar-refractivity contribution >= 4 is 46.2 Å². The van der Waals surface area contributed by atoms with Crippen LogP contribution in [0.15, 0.2) is 35.4 Å². The number of phenolic OH excluding ortho intramolecular Hbond substituents is 1. The highest BCUT2D eigenvalue weighted by Crippen LogP contribution is 2.23. The predicted octanol–water partition coefficient (Wildman–Crippen LogP) is 3.91. The molecule has 0 atom stereocenters. The maximum atomic E-state index is 11.9. The van der Waals surface area contributed by atoms with E-state index in [2.05, 4.69) is 10.5 Å². The van der Waals surface area contributed by atoms with Gasteiger partial charge in [-0.25, -0.2) is 5.43 Å². The second-order valence-electron chi connectivity index (χ2n) is 3.90. The molecule has 0 radical (unpaired) electrons. The first-order chi connectivity index (χ1) is 9.47. The molecule has 1 aromatic heterocycles. The standard InChI is InChI=1S/C13H10Cl2N2O2S/c1-7(11-4-5-12(15)20-11)16-17-13(19)9-6-8(14)2-3-10(9)18/h2-6,18H,1H3,(H,17,19)/b16-7-. The number of hydrogen-bond donors (Lipinski definition) is 2. The SMILES string of the molecule is C/C(=N/NC(=O)c1cc(Cl)ccc1O)c1ccc(Cl)s1. The average Bonchev–Trinajstić information content (AvgIpc) is 2.85. The third-order valence-corrected chi connectivity index (χ3v) is 4.03. The van der Waals surface area contributed by atoms with Crippen molar-refractivity contribution in [3.05, 3.63) is 50.1 Å². The fraction of sp³-hybridized carbons (Fsp3) is 0.0769. The lowest BCUT2D eigenvalue weighted by Crippen LogP contribution is -2.19. The number of amides is 1. The van der Waals surface area contributed by atoms with Gasteiger partial charge in [-0.2, -0.15) is 5.10 Å². The number of carbonyl (C=O) groups is 1. The normalized spacial score (nSPS) is 11.4. The number of hydrogen-bond acceptors (Lipinski definition) is 4. The van der Waals surface area contributed by atoms with Crippen LogP contribution in [0.3, 0.4) is 0 Å². The van der Waals surface area contributed by atoms with Gasteiger partial charge in [0.2, 0.25) is 0 Å². The van der Waals surface area contributed by atoms with Crippen LogP contribution in [0.2, 0.25) is 9.36 Å². The molecular weight excluding hydrogens is 319 g/mol. The molecule has 4 nitrogen and oxygen atoms in total. The average molecular weight is 329 g/mol. The summed E-state index contributed by atoms with van der Waals surface area (Å²) >= 11 is 13.0. The second kappa shape index (κ2) is 6.26.